The molecular formula is C14H17F2NO3. The van der Waals surface area contributed by atoms with E-state index in [0.29, 0.717) is 31.4 Å². The van der Waals surface area contributed by atoms with Gasteiger partial charge in [-0.3, -0.25) is 9.59 Å². The van der Waals surface area contributed by atoms with E-state index in [1.165, 1.54) is 6.07 Å². The molecule has 0 fully saturated rings. The topological polar surface area (TPSA) is 66.4 Å². The van der Waals surface area contributed by atoms with Crippen molar-refractivity contribution in [2.24, 2.45) is 0 Å². The molecule has 0 radical (unpaired) electrons. The molecule has 6 heteroatoms. The van der Waals surface area contributed by atoms with Gasteiger partial charge in [0.2, 0.25) is 5.91 Å². The average molecular weight is 285 g/mol. The minimum Gasteiger partial charge on any atom is -0.481 e. The molecule has 1 aromatic rings. The van der Waals surface area contributed by atoms with Gasteiger partial charge in [-0.05, 0) is 37.0 Å². The SMILES string of the molecule is O=C(O)CCCCNC(=O)CCc1ccc(F)c(F)c1. The van der Waals surface area contributed by atoms with Gasteiger partial charge in [-0.2, -0.15) is 0 Å². The number of carbonyl (C=O) groups excluding carboxylic acids is 1. The third-order valence-electron chi connectivity index (χ3n) is 2.76. The largest absolute Gasteiger partial charge is 0.481 e. The zero-order valence-electron chi connectivity index (χ0n) is 11.0. The molecule has 0 spiro atoms. The molecule has 1 aromatic carbocycles. The van der Waals surface area contributed by atoms with E-state index >= 15 is 0 Å². The number of hydrogen-bond acceptors (Lipinski definition) is 2. The predicted molar refractivity (Wildman–Crippen MR) is 69.2 cm³/mol. The van der Waals surface area contributed by atoms with Gasteiger partial charge in [0.15, 0.2) is 11.6 Å². The second kappa shape index (κ2) is 8.24. The van der Waals surface area contributed by atoms with Gasteiger partial charge < -0.3 is 10.4 Å². The summed E-state index contributed by atoms with van der Waals surface area (Å²) in [5.41, 5.74) is 0.560. The number of carboxylic acid groups (broad SMARTS) is 1. The zero-order chi connectivity index (χ0) is 15.0. The number of carboxylic acids is 1. The van der Waals surface area contributed by atoms with Crippen LogP contribution in [-0.4, -0.2) is 23.5 Å². The average Bonchev–Trinajstić information content (AvgIpc) is 2.39. The Morgan fingerprint density at radius 2 is 1.85 bits per heavy atom. The summed E-state index contributed by atoms with van der Waals surface area (Å²) in [4.78, 5) is 21.7. The molecule has 0 aromatic heterocycles. The molecular weight excluding hydrogens is 268 g/mol. The van der Waals surface area contributed by atoms with E-state index in [4.69, 9.17) is 5.11 Å². The summed E-state index contributed by atoms with van der Waals surface area (Å²) in [5.74, 6) is -2.87. The number of unbranched alkanes of at least 4 members (excludes halogenated alkanes) is 1. The Hall–Kier alpha value is -1.98. The van der Waals surface area contributed by atoms with Gasteiger partial charge in [0.25, 0.3) is 0 Å². The van der Waals surface area contributed by atoms with Gasteiger partial charge in [0.1, 0.15) is 0 Å². The molecule has 1 amide bonds. The van der Waals surface area contributed by atoms with E-state index in [1.54, 1.807) is 0 Å². The van der Waals surface area contributed by atoms with Crippen molar-refractivity contribution in [2.45, 2.75) is 32.1 Å². The normalized spacial score (nSPS) is 10.3. The second-order valence-electron chi connectivity index (χ2n) is 4.45. The van der Waals surface area contributed by atoms with E-state index < -0.39 is 17.6 Å². The van der Waals surface area contributed by atoms with Gasteiger partial charge in [-0.15, -0.1) is 0 Å². The third-order valence-corrected chi connectivity index (χ3v) is 2.76. The molecule has 0 unspecified atom stereocenters. The summed E-state index contributed by atoms with van der Waals surface area (Å²) in [7, 11) is 0. The van der Waals surface area contributed by atoms with E-state index in [9.17, 15) is 18.4 Å². The highest BCUT2D eigenvalue weighted by molar-refractivity contribution is 5.76. The number of aliphatic carboxylic acids is 1. The lowest BCUT2D eigenvalue weighted by molar-refractivity contribution is -0.137. The molecule has 0 aliphatic rings. The van der Waals surface area contributed by atoms with Crippen LogP contribution in [0.4, 0.5) is 8.78 Å². The van der Waals surface area contributed by atoms with Crippen LogP contribution in [0.1, 0.15) is 31.2 Å². The summed E-state index contributed by atoms with van der Waals surface area (Å²) in [5, 5.41) is 11.1. The van der Waals surface area contributed by atoms with Crippen LogP contribution in [0.15, 0.2) is 18.2 Å². The summed E-state index contributed by atoms with van der Waals surface area (Å²) in [6.45, 7) is 0.421. The number of carbonyl (C=O) groups is 2. The number of rotatable bonds is 8. The standard InChI is InChI=1S/C14H17F2NO3/c15-11-6-4-10(9-12(11)16)5-7-13(18)17-8-2-1-3-14(19)20/h4,6,9H,1-3,5,7-8H2,(H,17,18)(H,19,20). The van der Waals surface area contributed by atoms with Gasteiger partial charge in [-0.1, -0.05) is 6.07 Å². The van der Waals surface area contributed by atoms with Crippen molar-refractivity contribution in [1.29, 1.82) is 0 Å². The molecule has 1 rings (SSSR count). The fourth-order valence-corrected chi connectivity index (χ4v) is 1.67. The maximum absolute atomic E-state index is 12.9. The minimum atomic E-state index is -0.920. The van der Waals surface area contributed by atoms with Crippen molar-refractivity contribution in [3.8, 4) is 0 Å². The molecule has 0 bridgehead atoms. The zero-order valence-corrected chi connectivity index (χ0v) is 11.0. The Morgan fingerprint density at radius 1 is 1.10 bits per heavy atom. The Bertz CT molecular complexity index is 477. The lowest BCUT2D eigenvalue weighted by atomic mass is 10.1. The quantitative estimate of drug-likeness (QED) is 0.720. The summed E-state index contributed by atoms with van der Waals surface area (Å²) in [6, 6.07) is 3.56. The van der Waals surface area contributed by atoms with Gasteiger partial charge in [0.05, 0.1) is 0 Å². The lowest BCUT2D eigenvalue weighted by Gasteiger charge is -2.05. The molecule has 0 atom stereocenters. The first-order valence-electron chi connectivity index (χ1n) is 6.41. The smallest absolute Gasteiger partial charge is 0.303 e. The predicted octanol–water partition coefficient (Wildman–Crippen LogP) is 2.27. The van der Waals surface area contributed by atoms with Gasteiger partial charge in [-0.25, -0.2) is 8.78 Å². The third kappa shape index (κ3) is 6.26. The second-order valence-corrected chi connectivity index (χ2v) is 4.45. The van der Waals surface area contributed by atoms with Gasteiger partial charge >= 0.3 is 5.97 Å². The highest BCUT2D eigenvalue weighted by atomic mass is 19.2. The summed E-state index contributed by atoms with van der Waals surface area (Å²) >= 11 is 0. The number of benzene rings is 1. The number of aryl methyl sites for hydroxylation is 1. The van der Waals surface area contributed by atoms with Gasteiger partial charge in [0, 0.05) is 19.4 Å². The van der Waals surface area contributed by atoms with Crippen molar-refractivity contribution in [3.63, 3.8) is 0 Å². The molecule has 20 heavy (non-hydrogen) atoms. The Labute approximate surface area is 115 Å². The molecule has 0 aliphatic heterocycles. The first kappa shape index (κ1) is 16.1. The van der Waals surface area contributed by atoms with E-state index in [1.807, 2.05) is 0 Å². The van der Waals surface area contributed by atoms with E-state index in [2.05, 4.69) is 5.32 Å². The Morgan fingerprint density at radius 3 is 2.50 bits per heavy atom. The molecule has 4 nitrogen and oxygen atoms in total. The maximum Gasteiger partial charge on any atom is 0.303 e. The maximum atomic E-state index is 12.9. The van der Waals surface area contributed by atoms with Crippen molar-refractivity contribution < 1.29 is 23.5 Å². The highest BCUT2D eigenvalue weighted by Crippen LogP contribution is 2.10. The number of halogens is 2. The first-order valence-corrected chi connectivity index (χ1v) is 6.41. The Kier molecular flexibility index (Phi) is 6.63. The first-order chi connectivity index (χ1) is 9.49. The van der Waals surface area contributed by atoms with Crippen LogP contribution >= 0.6 is 0 Å². The molecule has 110 valence electrons. The van der Waals surface area contributed by atoms with Crippen molar-refractivity contribution >= 4 is 11.9 Å². The Balaban J connectivity index is 2.19. The van der Waals surface area contributed by atoms with Crippen LogP contribution in [0.25, 0.3) is 0 Å². The monoisotopic (exact) mass is 285 g/mol. The van der Waals surface area contributed by atoms with Crippen molar-refractivity contribution in [2.75, 3.05) is 6.54 Å². The van der Waals surface area contributed by atoms with Crippen molar-refractivity contribution in [1.82, 2.24) is 5.32 Å². The lowest BCUT2D eigenvalue weighted by Crippen LogP contribution is -2.24. The van der Waals surface area contributed by atoms with E-state index in [-0.39, 0.29) is 18.7 Å². The minimum absolute atomic E-state index is 0.0880. The fraction of sp³-hybridized carbons (Fsp3) is 0.429. The number of amides is 1. The highest BCUT2D eigenvalue weighted by Gasteiger charge is 2.05. The molecule has 0 saturated carbocycles. The molecule has 0 aliphatic carbocycles. The van der Waals surface area contributed by atoms with Crippen molar-refractivity contribution in [3.05, 3.63) is 35.4 Å². The number of hydrogen-bond donors (Lipinski definition) is 2. The van der Waals surface area contributed by atoms with E-state index in [0.717, 1.165) is 12.1 Å². The summed E-state index contributed by atoms with van der Waals surface area (Å²) < 4.78 is 25.6. The molecule has 0 heterocycles. The van der Waals surface area contributed by atoms with Crippen LogP contribution < -0.4 is 5.32 Å². The molecule has 0 saturated heterocycles. The van der Waals surface area contributed by atoms with Crippen LogP contribution in [0.5, 0.6) is 0 Å². The van der Waals surface area contributed by atoms with Crippen LogP contribution in [0.2, 0.25) is 0 Å². The molecule has 2 N–H and O–H groups in total. The fourth-order valence-electron chi connectivity index (χ4n) is 1.67. The van der Waals surface area contributed by atoms with Crippen LogP contribution in [0.3, 0.4) is 0 Å². The van der Waals surface area contributed by atoms with Crippen LogP contribution in [0, 0.1) is 11.6 Å². The summed E-state index contributed by atoms with van der Waals surface area (Å²) in [6.07, 6.45) is 1.72. The number of nitrogens with one attached hydrogen (secondary N) is 1. The van der Waals surface area contributed by atoms with Crippen LogP contribution in [-0.2, 0) is 16.0 Å².